The molecule has 2 fully saturated rings. The van der Waals surface area contributed by atoms with Crippen molar-refractivity contribution in [1.82, 2.24) is 14.6 Å². The molecule has 31 heavy (non-hydrogen) atoms. The van der Waals surface area contributed by atoms with Gasteiger partial charge in [-0.25, -0.2) is 18.1 Å². The molecule has 1 unspecified atom stereocenters. The third-order valence-corrected chi connectivity index (χ3v) is 8.94. The van der Waals surface area contributed by atoms with E-state index in [-0.39, 0.29) is 27.8 Å². The Kier molecular flexibility index (Phi) is 5.50. The molecular weight excluding hydrogens is 454 g/mol. The van der Waals surface area contributed by atoms with Crippen LogP contribution in [0.1, 0.15) is 47.0 Å². The number of nitrogens with zero attached hydrogens (tertiary/aromatic N) is 2. The molecule has 2 aromatic carbocycles. The molecule has 1 atom stereocenters. The van der Waals surface area contributed by atoms with Gasteiger partial charge in [0.2, 0.25) is 10.0 Å². The number of hydrogen-bond acceptors (Lipinski definition) is 5. The van der Waals surface area contributed by atoms with Gasteiger partial charge in [-0.15, -0.1) is 11.3 Å². The Labute approximate surface area is 190 Å². The van der Waals surface area contributed by atoms with Crippen LogP contribution in [-0.2, 0) is 10.0 Å². The summed E-state index contributed by atoms with van der Waals surface area (Å²) in [7, 11) is -3.74. The van der Waals surface area contributed by atoms with Crippen LogP contribution in [0, 0.1) is 0 Å². The van der Waals surface area contributed by atoms with Crippen LogP contribution in [0.5, 0.6) is 0 Å². The van der Waals surface area contributed by atoms with E-state index in [2.05, 4.69) is 10.8 Å². The number of aromatic nitrogens is 1. The second-order valence-corrected chi connectivity index (χ2v) is 11.3. The molecule has 162 valence electrons. The summed E-state index contributed by atoms with van der Waals surface area (Å²) in [6.45, 7) is 1.22. The largest absolute Gasteiger partial charge is 0.338 e. The zero-order valence-electron chi connectivity index (χ0n) is 16.8. The first-order chi connectivity index (χ1) is 14.9. The van der Waals surface area contributed by atoms with Gasteiger partial charge < -0.3 is 4.90 Å². The van der Waals surface area contributed by atoms with E-state index in [1.165, 1.54) is 12.1 Å². The molecule has 1 saturated carbocycles. The summed E-state index contributed by atoms with van der Waals surface area (Å²) in [6.07, 6.45) is 3.52. The van der Waals surface area contributed by atoms with E-state index in [4.69, 9.17) is 16.6 Å². The Bertz CT molecular complexity index is 1220. The van der Waals surface area contributed by atoms with Gasteiger partial charge in [0.05, 0.1) is 20.2 Å². The minimum absolute atomic E-state index is 0.0305. The van der Waals surface area contributed by atoms with Crippen LogP contribution in [-0.4, -0.2) is 43.3 Å². The lowest BCUT2D eigenvalue weighted by molar-refractivity contribution is 0.0707. The van der Waals surface area contributed by atoms with Gasteiger partial charge >= 0.3 is 0 Å². The number of halogens is 1. The van der Waals surface area contributed by atoms with Gasteiger partial charge in [0.15, 0.2) is 0 Å². The summed E-state index contributed by atoms with van der Waals surface area (Å²) in [5, 5.41) is 1.17. The molecule has 6 nitrogen and oxygen atoms in total. The quantitative estimate of drug-likeness (QED) is 0.592. The van der Waals surface area contributed by atoms with Crippen molar-refractivity contribution in [3.63, 3.8) is 0 Å². The molecule has 5 rings (SSSR count). The second-order valence-electron chi connectivity index (χ2n) is 8.15. The number of sulfonamides is 1. The third-order valence-electron chi connectivity index (χ3n) is 5.74. The van der Waals surface area contributed by atoms with E-state index >= 15 is 0 Å². The van der Waals surface area contributed by atoms with E-state index < -0.39 is 10.0 Å². The average Bonchev–Trinajstić information content (AvgIpc) is 3.46. The van der Waals surface area contributed by atoms with Crippen LogP contribution in [0.25, 0.3) is 10.2 Å². The number of para-hydroxylation sites is 1. The summed E-state index contributed by atoms with van der Waals surface area (Å²) in [5.74, 6) is 0.00693. The molecular formula is C22H22ClN3O3S2. The smallest absolute Gasteiger partial charge is 0.253 e. The lowest BCUT2D eigenvalue weighted by Gasteiger charge is -2.32. The van der Waals surface area contributed by atoms with Crippen LogP contribution >= 0.6 is 22.9 Å². The Morgan fingerprint density at radius 2 is 1.97 bits per heavy atom. The molecule has 0 spiro atoms. The first-order valence-corrected chi connectivity index (χ1v) is 13.0. The SMILES string of the molecule is O=C(c1ccc(Cl)c(S(=O)(=O)NC2CC2)c1)N1CCCC(c2nc3ccccc3s2)C1. The number of fused-ring (bicyclic) bond motifs is 1. The van der Waals surface area contributed by atoms with Crippen molar-refractivity contribution in [3.8, 4) is 0 Å². The molecule has 1 saturated heterocycles. The van der Waals surface area contributed by atoms with Crippen molar-refractivity contribution in [2.45, 2.75) is 42.5 Å². The van der Waals surface area contributed by atoms with Crippen molar-refractivity contribution < 1.29 is 13.2 Å². The van der Waals surface area contributed by atoms with Crippen molar-refractivity contribution in [2.75, 3.05) is 13.1 Å². The highest BCUT2D eigenvalue weighted by Crippen LogP contribution is 2.34. The molecule has 1 aromatic heterocycles. The minimum Gasteiger partial charge on any atom is -0.338 e. The molecule has 1 N–H and O–H groups in total. The molecule has 1 amide bonds. The lowest BCUT2D eigenvalue weighted by Crippen LogP contribution is -2.39. The van der Waals surface area contributed by atoms with Gasteiger partial charge in [0.25, 0.3) is 5.91 Å². The summed E-state index contributed by atoms with van der Waals surface area (Å²) in [6, 6.07) is 12.5. The predicted octanol–water partition coefficient (Wildman–Crippen LogP) is 4.41. The topological polar surface area (TPSA) is 79.4 Å². The van der Waals surface area contributed by atoms with Crippen molar-refractivity contribution >= 4 is 49.1 Å². The molecule has 2 heterocycles. The number of thiazole rings is 1. The Balaban J connectivity index is 1.37. The van der Waals surface area contributed by atoms with Crippen LogP contribution in [0.4, 0.5) is 0 Å². The summed E-state index contributed by atoms with van der Waals surface area (Å²) < 4.78 is 29.1. The second kappa shape index (κ2) is 8.16. The van der Waals surface area contributed by atoms with Gasteiger partial charge in [-0.2, -0.15) is 0 Å². The van der Waals surface area contributed by atoms with Gasteiger partial charge in [0.1, 0.15) is 4.90 Å². The number of likely N-dealkylation sites (tertiary alicyclic amines) is 1. The van der Waals surface area contributed by atoms with Gasteiger partial charge in [0, 0.05) is 30.6 Å². The number of nitrogens with one attached hydrogen (secondary N) is 1. The zero-order valence-corrected chi connectivity index (χ0v) is 19.1. The first kappa shape index (κ1) is 20.9. The van der Waals surface area contributed by atoms with Crippen molar-refractivity contribution in [1.29, 1.82) is 0 Å². The molecule has 1 aliphatic heterocycles. The summed E-state index contributed by atoms with van der Waals surface area (Å²) in [5.41, 5.74) is 1.33. The maximum Gasteiger partial charge on any atom is 0.253 e. The lowest BCUT2D eigenvalue weighted by atomic mass is 9.98. The standard InChI is InChI=1S/C22H22ClN3O3S2/c23-17-10-7-14(12-20(17)31(28,29)25-16-8-9-16)22(27)26-11-3-4-15(13-26)21-24-18-5-1-2-6-19(18)30-21/h1-2,5-7,10,12,15-16,25H,3-4,8-9,11,13H2. The predicted molar refractivity (Wildman–Crippen MR) is 122 cm³/mol. The van der Waals surface area contributed by atoms with Crippen molar-refractivity contribution in [3.05, 3.63) is 58.1 Å². The highest BCUT2D eigenvalue weighted by molar-refractivity contribution is 7.89. The number of benzene rings is 2. The van der Waals surface area contributed by atoms with Gasteiger partial charge in [-0.3, -0.25) is 4.79 Å². The van der Waals surface area contributed by atoms with E-state index in [9.17, 15) is 13.2 Å². The number of carbonyl (C=O) groups excluding carboxylic acids is 1. The fraction of sp³-hybridized carbons (Fsp3) is 0.364. The fourth-order valence-corrected chi connectivity index (χ4v) is 6.86. The highest BCUT2D eigenvalue weighted by Gasteiger charge is 2.31. The molecule has 9 heteroatoms. The zero-order chi connectivity index (χ0) is 21.6. The van der Waals surface area contributed by atoms with Crippen LogP contribution in [0.2, 0.25) is 5.02 Å². The number of rotatable bonds is 5. The molecule has 3 aromatic rings. The van der Waals surface area contributed by atoms with E-state index in [1.54, 1.807) is 22.3 Å². The summed E-state index contributed by atoms with van der Waals surface area (Å²) in [4.78, 5) is 19.8. The monoisotopic (exact) mass is 475 g/mol. The fourth-order valence-electron chi connectivity index (χ4n) is 3.94. The molecule has 2 aliphatic rings. The summed E-state index contributed by atoms with van der Waals surface area (Å²) >= 11 is 7.84. The van der Waals surface area contributed by atoms with E-state index in [0.29, 0.717) is 18.7 Å². The Morgan fingerprint density at radius 3 is 2.74 bits per heavy atom. The molecule has 0 bridgehead atoms. The van der Waals surface area contributed by atoms with Crippen LogP contribution in [0.15, 0.2) is 47.4 Å². The number of amides is 1. The Hall–Kier alpha value is -2.00. The Morgan fingerprint density at radius 1 is 1.16 bits per heavy atom. The van der Waals surface area contributed by atoms with Gasteiger partial charge in [-0.1, -0.05) is 23.7 Å². The average molecular weight is 476 g/mol. The van der Waals surface area contributed by atoms with E-state index in [0.717, 1.165) is 40.9 Å². The van der Waals surface area contributed by atoms with Crippen molar-refractivity contribution in [2.24, 2.45) is 0 Å². The molecule has 1 aliphatic carbocycles. The number of carbonyl (C=O) groups is 1. The first-order valence-electron chi connectivity index (χ1n) is 10.4. The van der Waals surface area contributed by atoms with E-state index in [1.807, 2.05) is 18.2 Å². The third kappa shape index (κ3) is 4.35. The number of hydrogen-bond donors (Lipinski definition) is 1. The highest BCUT2D eigenvalue weighted by atomic mass is 35.5. The maximum atomic E-state index is 13.2. The minimum atomic E-state index is -3.74. The van der Waals surface area contributed by atoms with Gasteiger partial charge in [-0.05, 0) is 56.0 Å². The maximum absolute atomic E-state index is 13.2. The normalized spacial score (nSPS) is 19.6. The van der Waals surface area contributed by atoms with Crippen LogP contribution in [0.3, 0.4) is 0 Å². The number of piperidine rings is 1. The van der Waals surface area contributed by atoms with Crippen LogP contribution < -0.4 is 4.72 Å². The molecule has 0 radical (unpaired) electrons.